The lowest BCUT2D eigenvalue weighted by Gasteiger charge is -2.38. The number of sulfonamides is 1. The molecule has 1 aliphatic carbocycles. The Morgan fingerprint density at radius 3 is 2.50 bits per heavy atom. The minimum absolute atomic E-state index is 0.249. The van der Waals surface area contributed by atoms with Crippen LogP contribution in [0.5, 0.6) is 0 Å². The smallest absolute Gasteiger partial charge is 0.207 e. The highest BCUT2D eigenvalue weighted by Crippen LogP contribution is 2.55. The van der Waals surface area contributed by atoms with Gasteiger partial charge >= 0.3 is 0 Å². The fourth-order valence-electron chi connectivity index (χ4n) is 3.53. The van der Waals surface area contributed by atoms with E-state index in [2.05, 4.69) is 13.8 Å². The minimum atomic E-state index is -3.31. The van der Waals surface area contributed by atoms with Gasteiger partial charge in [0.1, 0.15) is 0 Å². The van der Waals surface area contributed by atoms with Crippen LogP contribution in [0.25, 0.3) is 0 Å². The highest BCUT2D eigenvalue weighted by Gasteiger charge is 2.55. The van der Waals surface area contributed by atoms with Gasteiger partial charge in [-0.25, -0.2) is 8.42 Å². The van der Waals surface area contributed by atoms with Crippen LogP contribution in [0.2, 0.25) is 0 Å². The molecule has 0 N–H and O–H groups in total. The van der Waals surface area contributed by atoms with Crippen LogP contribution in [0.4, 0.5) is 0 Å². The van der Waals surface area contributed by atoms with Crippen molar-refractivity contribution >= 4 is 21.4 Å². The summed E-state index contributed by atoms with van der Waals surface area (Å²) >= 11 is 1.44. The van der Waals surface area contributed by atoms with E-state index in [1.807, 2.05) is 5.38 Å². The first-order chi connectivity index (χ1) is 8.36. The Labute approximate surface area is 113 Å². The Hall–Kier alpha value is -0.390. The van der Waals surface area contributed by atoms with Gasteiger partial charge in [0, 0.05) is 17.5 Å². The summed E-state index contributed by atoms with van der Waals surface area (Å²) in [6.45, 7) is 4.83. The normalized spacial score (nSPS) is 26.3. The second-order valence-electron chi connectivity index (χ2n) is 6.31. The molecule has 5 heteroatoms. The molecule has 1 aliphatic heterocycles. The first kappa shape index (κ1) is 12.6. The van der Waals surface area contributed by atoms with Gasteiger partial charge in [-0.15, -0.1) is 0 Å². The Bertz CT molecular complexity index is 542. The molecular formula is C13H19NO2S2. The lowest BCUT2D eigenvalue weighted by molar-refractivity contribution is 0.150. The maximum absolute atomic E-state index is 12.7. The molecule has 2 heterocycles. The maximum Gasteiger partial charge on any atom is 0.244 e. The third kappa shape index (κ3) is 1.75. The maximum atomic E-state index is 12.7. The second kappa shape index (κ2) is 3.81. The van der Waals surface area contributed by atoms with Gasteiger partial charge in [-0.3, -0.25) is 0 Å². The SMILES string of the molecule is CC1(C)CC2(CCC2)CN1S(=O)(=O)c1ccsc1. The quantitative estimate of drug-likeness (QED) is 0.837. The summed E-state index contributed by atoms with van der Waals surface area (Å²) in [6, 6.07) is 1.71. The molecule has 0 aromatic carbocycles. The molecule has 1 saturated heterocycles. The molecule has 18 heavy (non-hydrogen) atoms. The summed E-state index contributed by atoms with van der Waals surface area (Å²) in [6.07, 6.45) is 4.63. The third-order valence-corrected chi connectivity index (χ3v) is 7.34. The molecule has 0 bridgehead atoms. The number of hydrogen-bond donors (Lipinski definition) is 0. The van der Waals surface area contributed by atoms with Gasteiger partial charge in [-0.2, -0.15) is 15.6 Å². The van der Waals surface area contributed by atoms with Crippen LogP contribution >= 0.6 is 11.3 Å². The van der Waals surface area contributed by atoms with Crippen LogP contribution in [-0.4, -0.2) is 24.8 Å². The second-order valence-corrected chi connectivity index (χ2v) is 8.96. The summed E-state index contributed by atoms with van der Waals surface area (Å²) in [7, 11) is -3.31. The predicted octanol–water partition coefficient (Wildman–Crippen LogP) is 3.09. The highest BCUT2D eigenvalue weighted by molar-refractivity contribution is 7.89. The Morgan fingerprint density at radius 2 is 2.06 bits per heavy atom. The van der Waals surface area contributed by atoms with Gasteiger partial charge in [0.2, 0.25) is 10.0 Å². The van der Waals surface area contributed by atoms with E-state index >= 15 is 0 Å². The zero-order valence-electron chi connectivity index (χ0n) is 10.8. The fraction of sp³-hybridized carbons (Fsp3) is 0.692. The van der Waals surface area contributed by atoms with E-state index < -0.39 is 10.0 Å². The van der Waals surface area contributed by atoms with Crippen LogP contribution < -0.4 is 0 Å². The lowest BCUT2D eigenvalue weighted by Crippen LogP contribution is -2.42. The monoisotopic (exact) mass is 285 g/mol. The molecule has 2 aliphatic rings. The van der Waals surface area contributed by atoms with E-state index in [4.69, 9.17) is 0 Å². The fourth-order valence-corrected chi connectivity index (χ4v) is 6.44. The van der Waals surface area contributed by atoms with Crippen LogP contribution in [-0.2, 0) is 10.0 Å². The Morgan fingerprint density at radius 1 is 1.33 bits per heavy atom. The van der Waals surface area contributed by atoms with Crippen molar-refractivity contribution in [3.05, 3.63) is 16.8 Å². The lowest BCUT2D eigenvalue weighted by atomic mass is 9.66. The van der Waals surface area contributed by atoms with Crippen molar-refractivity contribution in [3.8, 4) is 0 Å². The topological polar surface area (TPSA) is 37.4 Å². The molecule has 3 rings (SSSR count). The summed E-state index contributed by atoms with van der Waals surface area (Å²) in [5.41, 5.74) is 0.0216. The van der Waals surface area contributed by atoms with Gasteiger partial charge in [-0.05, 0) is 50.0 Å². The molecule has 100 valence electrons. The van der Waals surface area contributed by atoms with Crippen molar-refractivity contribution in [2.75, 3.05) is 6.54 Å². The summed E-state index contributed by atoms with van der Waals surface area (Å²) in [4.78, 5) is 0.456. The Kier molecular flexibility index (Phi) is 2.67. The minimum Gasteiger partial charge on any atom is -0.207 e. The van der Waals surface area contributed by atoms with Crippen LogP contribution in [0, 0.1) is 5.41 Å². The van der Waals surface area contributed by atoms with Crippen molar-refractivity contribution in [3.63, 3.8) is 0 Å². The molecule has 0 atom stereocenters. The molecule has 0 amide bonds. The molecule has 1 aromatic rings. The van der Waals surface area contributed by atoms with Crippen LogP contribution in [0.15, 0.2) is 21.7 Å². The van der Waals surface area contributed by atoms with Gasteiger partial charge in [0.25, 0.3) is 0 Å². The van der Waals surface area contributed by atoms with E-state index in [1.165, 1.54) is 30.6 Å². The standard InChI is InChI=1S/C13H19NO2S2/c1-12(2)9-13(5-3-6-13)10-14(12)18(15,16)11-4-7-17-8-11/h4,7-8H,3,5-6,9-10H2,1-2H3. The number of nitrogens with zero attached hydrogens (tertiary/aromatic N) is 1. The van der Waals surface area contributed by atoms with E-state index in [-0.39, 0.29) is 11.0 Å². The van der Waals surface area contributed by atoms with Crippen molar-refractivity contribution in [2.24, 2.45) is 5.41 Å². The molecule has 3 nitrogen and oxygen atoms in total. The molecule has 1 saturated carbocycles. The van der Waals surface area contributed by atoms with E-state index in [1.54, 1.807) is 15.8 Å². The number of hydrogen-bond acceptors (Lipinski definition) is 3. The van der Waals surface area contributed by atoms with Gasteiger partial charge in [0.05, 0.1) is 4.90 Å². The molecule has 2 fully saturated rings. The van der Waals surface area contributed by atoms with E-state index in [9.17, 15) is 8.42 Å². The highest BCUT2D eigenvalue weighted by atomic mass is 32.2. The zero-order chi connectivity index (χ0) is 13.0. The summed E-state index contributed by atoms with van der Waals surface area (Å²) in [5.74, 6) is 0. The van der Waals surface area contributed by atoms with Crippen LogP contribution in [0.1, 0.15) is 39.5 Å². The average Bonchev–Trinajstić information content (AvgIpc) is 2.81. The molecular weight excluding hydrogens is 266 g/mol. The molecule has 0 unspecified atom stereocenters. The molecule has 0 radical (unpaired) electrons. The molecule has 1 spiro atoms. The zero-order valence-corrected chi connectivity index (χ0v) is 12.5. The van der Waals surface area contributed by atoms with Gasteiger partial charge in [0.15, 0.2) is 0 Å². The van der Waals surface area contributed by atoms with Crippen molar-refractivity contribution in [1.29, 1.82) is 0 Å². The Balaban J connectivity index is 1.97. The predicted molar refractivity (Wildman–Crippen MR) is 73.2 cm³/mol. The van der Waals surface area contributed by atoms with Crippen molar-refractivity contribution in [1.82, 2.24) is 4.31 Å². The van der Waals surface area contributed by atoms with Gasteiger partial charge in [-0.1, -0.05) is 6.42 Å². The van der Waals surface area contributed by atoms with E-state index in [0.717, 1.165) is 6.42 Å². The number of thiophene rings is 1. The summed E-state index contributed by atoms with van der Waals surface area (Å²) in [5, 5.41) is 3.56. The van der Waals surface area contributed by atoms with Crippen LogP contribution in [0.3, 0.4) is 0 Å². The van der Waals surface area contributed by atoms with E-state index in [0.29, 0.717) is 11.4 Å². The summed E-state index contributed by atoms with van der Waals surface area (Å²) < 4.78 is 27.1. The van der Waals surface area contributed by atoms with Gasteiger partial charge < -0.3 is 0 Å². The third-order valence-electron chi connectivity index (χ3n) is 4.46. The first-order valence-electron chi connectivity index (χ1n) is 6.41. The largest absolute Gasteiger partial charge is 0.244 e. The molecule has 1 aromatic heterocycles. The van der Waals surface area contributed by atoms with Crippen molar-refractivity contribution in [2.45, 2.75) is 50.0 Å². The number of rotatable bonds is 2. The average molecular weight is 285 g/mol. The van der Waals surface area contributed by atoms with Crippen molar-refractivity contribution < 1.29 is 8.42 Å². The first-order valence-corrected chi connectivity index (χ1v) is 8.79.